The van der Waals surface area contributed by atoms with E-state index in [1.807, 2.05) is 53.1 Å². The van der Waals surface area contributed by atoms with E-state index >= 15 is 0 Å². The first-order valence-electron chi connectivity index (χ1n) is 8.07. The number of ether oxygens (including phenoxy) is 1. The second kappa shape index (κ2) is 6.46. The van der Waals surface area contributed by atoms with Crippen molar-refractivity contribution < 1.29 is 9.53 Å². The number of hydrogen-bond acceptors (Lipinski definition) is 3. The summed E-state index contributed by atoms with van der Waals surface area (Å²) in [6.07, 6.45) is 0. The Bertz CT molecular complexity index is 1130. The molecule has 0 unspecified atom stereocenters. The SMILES string of the molecule is COc1ccc(Cn2c(C(N)=O)cc3cc4cc(Br)ccc4nc32)cc1. The van der Waals surface area contributed by atoms with Crippen molar-refractivity contribution in [1.29, 1.82) is 0 Å². The number of primary amides is 1. The molecule has 2 heterocycles. The van der Waals surface area contributed by atoms with E-state index in [1.54, 1.807) is 13.2 Å². The number of carbonyl (C=O) groups excluding carboxylic acids is 1. The van der Waals surface area contributed by atoms with Gasteiger partial charge in [0.05, 0.1) is 12.6 Å². The second-order valence-electron chi connectivity index (χ2n) is 6.07. The van der Waals surface area contributed by atoms with Crippen LogP contribution in [0.5, 0.6) is 5.75 Å². The summed E-state index contributed by atoms with van der Waals surface area (Å²) in [4.78, 5) is 16.7. The molecule has 4 rings (SSSR count). The van der Waals surface area contributed by atoms with Crippen LogP contribution in [-0.2, 0) is 6.54 Å². The molecule has 0 aliphatic heterocycles. The lowest BCUT2D eigenvalue weighted by atomic mass is 10.2. The molecule has 0 aliphatic rings. The summed E-state index contributed by atoms with van der Waals surface area (Å²) in [6, 6.07) is 17.5. The smallest absolute Gasteiger partial charge is 0.265 e. The highest BCUT2D eigenvalue weighted by Gasteiger charge is 2.15. The molecule has 0 fully saturated rings. The first kappa shape index (κ1) is 16.6. The van der Waals surface area contributed by atoms with Crippen LogP contribution >= 0.6 is 15.9 Å². The van der Waals surface area contributed by atoms with Crippen molar-refractivity contribution in [3.8, 4) is 5.75 Å². The van der Waals surface area contributed by atoms with Gasteiger partial charge in [0, 0.05) is 21.8 Å². The van der Waals surface area contributed by atoms with Crippen LogP contribution in [-0.4, -0.2) is 22.6 Å². The first-order valence-corrected chi connectivity index (χ1v) is 8.87. The van der Waals surface area contributed by atoms with Crippen molar-refractivity contribution in [2.75, 3.05) is 7.11 Å². The van der Waals surface area contributed by atoms with Gasteiger partial charge >= 0.3 is 0 Å². The maximum Gasteiger partial charge on any atom is 0.265 e. The molecule has 2 aromatic carbocycles. The molecule has 5 nitrogen and oxygen atoms in total. The summed E-state index contributed by atoms with van der Waals surface area (Å²) < 4.78 is 8.04. The first-order chi connectivity index (χ1) is 12.5. The zero-order valence-corrected chi connectivity index (χ0v) is 15.7. The summed E-state index contributed by atoms with van der Waals surface area (Å²) in [5.74, 6) is 0.317. The Kier molecular flexibility index (Phi) is 4.12. The third-order valence-electron chi connectivity index (χ3n) is 4.38. The number of nitrogens with two attached hydrogens (primary N) is 1. The number of fused-ring (bicyclic) bond motifs is 2. The van der Waals surface area contributed by atoms with Crippen molar-refractivity contribution in [1.82, 2.24) is 9.55 Å². The van der Waals surface area contributed by atoms with Crippen LogP contribution in [0.1, 0.15) is 16.1 Å². The molecule has 0 spiro atoms. The number of carbonyl (C=O) groups is 1. The van der Waals surface area contributed by atoms with E-state index in [-0.39, 0.29) is 0 Å². The minimum Gasteiger partial charge on any atom is -0.497 e. The summed E-state index contributed by atoms with van der Waals surface area (Å²) in [5, 5.41) is 1.89. The fraction of sp³-hybridized carbons (Fsp3) is 0.100. The predicted octanol–water partition coefficient (Wildman–Crippen LogP) is 4.11. The lowest BCUT2D eigenvalue weighted by Crippen LogP contribution is -2.17. The van der Waals surface area contributed by atoms with Gasteiger partial charge in [0.15, 0.2) is 0 Å². The van der Waals surface area contributed by atoms with E-state index < -0.39 is 5.91 Å². The van der Waals surface area contributed by atoms with E-state index in [4.69, 9.17) is 15.5 Å². The number of nitrogens with zero attached hydrogens (tertiary/aromatic N) is 2. The Balaban J connectivity index is 1.88. The fourth-order valence-corrected chi connectivity index (χ4v) is 3.47. The highest BCUT2D eigenvalue weighted by Crippen LogP contribution is 2.26. The number of amides is 1. The van der Waals surface area contributed by atoms with E-state index in [0.29, 0.717) is 12.2 Å². The van der Waals surface area contributed by atoms with Crippen LogP contribution < -0.4 is 10.5 Å². The summed E-state index contributed by atoms with van der Waals surface area (Å²) in [6.45, 7) is 0.501. The molecule has 0 atom stereocenters. The standard InChI is InChI=1S/C20H16BrN3O2/c1-26-16-5-2-12(3-6-16)11-24-18(19(22)25)10-14-8-13-9-15(21)4-7-17(13)23-20(14)24/h2-10H,11H2,1H3,(H2,22,25). The zero-order valence-electron chi connectivity index (χ0n) is 14.1. The Morgan fingerprint density at radius 2 is 1.88 bits per heavy atom. The van der Waals surface area contributed by atoms with Gasteiger partial charge < -0.3 is 15.0 Å². The topological polar surface area (TPSA) is 70.1 Å². The molecule has 0 saturated carbocycles. The van der Waals surface area contributed by atoms with Gasteiger partial charge in [-0.2, -0.15) is 0 Å². The molecule has 130 valence electrons. The molecule has 6 heteroatoms. The molecule has 0 saturated heterocycles. The van der Waals surface area contributed by atoms with Gasteiger partial charge in [-0.3, -0.25) is 4.79 Å². The molecule has 1 amide bonds. The van der Waals surface area contributed by atoms with Crippen molar-refractivity contribution >= 4 is 43.8 Å². The number of hydrogen-bond donors (Lipinski definition) is 1. The van der Waals surface area contributed by atoms with Gasteiger partial charge in [0.25, 0.3) is 5.91 Å². The largest absolute Gasteiger partial charge is 0.497 e. The quantitative estimate of drug-likeness (QED) is 0.551. The average Bonchev–Trinajstić information content (AvgIpc) is 2.98. The highest BCUT2D eigenvalue weighted by atomic mass is 79.9. The van der Waals surface area contributed by atoms with Crippen molar-refractivity contribution in [3.05, 3.63) is 70.3 Å². The maximum absolute atomic E-state index is 12.0. The molecule has 2 aromatic heterocycles. The number of aromatic nitrogens is 2. The van der Waals surface area contributed by atoms with Crippen LogP contribution in [0.3, 0.4) is 0 Å². The third-order valence-corrected chi connectivity index (χ3v) is 4.87. The zero-order chi connectivity index (χ0) is 18.3. The lowest BCUT2D eigenvalue weighted by molar-refractivity contribution is 0.0992. The minimum absolute atomic E-state index is 0.442. The van der Waals surface area contributed by atoms with Gasteiger partial charge in [0.2, 0.25) is 0 Å². The number of methoxy groups -OCH3 is 1. The number of pyridine rings is 1. The van der Waals surface area contributed by atoms with Gasteiger partial charge in [-0.15, -0.1) is 0 Å². The van der Waals surface area contributed by atoms with Gasteiger partial charge in [-0.05, 0) is 48.0 Å². The Morgan fingerprint density at radius 3 is 2.58 bits per heavy atom. The third kappa shape index (κ3) is 2.93. The van der Waals surface area contributed by atoms with E-state index in [0.717, 1.165) is 37.7 Å². The van der Waals surface area contributed by atoms with E-state index in [1.165, 1.54) is 0 Å². The minimum atomic E-state index is -0.471. The predicted molar refractivity (Wildman–Crippen MR) is 106 cm³/mol. The maximum atomic E-state index is 12.0. The fourth-order valence-electron chi connectivity index (χ4n) is 3.09. The van der Waals surface area contributed by atoms with Gasteiger partial charge in [-0.25, -0.2) is 4.98 Å². The molecule has 0 radical (unpaired) electrons. The van der Waals surface area contributed by atoms with E-state index in [2.05, 4.69) is 15.9 Å². The van der Waals surface area contributed by atoms with Crippen LogP contribution in [0, 0.1) is 0 Å². The summed E-state index contributed by atoms with van der Waals surface area (Å²) in [7, 11) is 1.63. The van der Waals surface area contributed by atoms with Crippen molar-refractivity contribution in [2.45, 2.75) is 6.54 Å². The molecule has 0 aliphatic carbocycles. The molecular weight excluding hydrogens is 394 g/mol. The Morgan fingerprint density at radius 1 is 1.12 bits per heavy atom. The van der Waals surface area contributed by atoms with Crippen LogP contribution in [0.4, 0.5) is 0 Å². The van der Waals surface area contributed by atoms with E-state index in [9.17, 15) is 4.79 Å². The molecule has 2 N–H and O–H groups in total. The number of benzene rings is 2. The average molecular weight is 410 g/mol. The normalized spacial score (nSPS) is 11.2. The van der Waals surface area contributed by atoms with Crippen LogP contribution in [0.15, 0.2) is 59.1 Å². The number of rotatable bonds is 4. The molecule has 26 heavy (non-hydrogen) atoms. The monoisotopic (exact) mass is 409 g/mol. The van der Waals surface area contributed by atoms with Crippen molar-refractivity contribution in [3.63, 3.8) is 0 Å². The van der Waals surface area contributed by atoms with Crippen molar-refractivity contribution in [2.24, 2.45) is 5.73 Å². The lowest BCUT2D eigenvalue weighted by Gasteiger charge is -2.10. The summed E-state index contributed by atoms with van der Waals surface area (Å²) >= 11 is 3.48. The molecule has 4 aromatic rings. The van der Waals surface area contributed by atoms with Gasteiger partial charge in [0.1, 0.15) is 17.1 Å². The molecular formula is C20H16BrN3O2. The van der Waals surface area contributed by atoms with Crippen LogP contribution in [0.25, 0.3) is 21.9 Å². The summed E-state index contributed by atoms with van der Waals surface area (Å²) in [5.41, 5.74) is 8.69. The Labute approximate surface area is 158 Å². The van der Waals surface area contributed by atoms with Gasteiger partial charge in [-0.1, -0.05) is 28.1 Å². The highest BCUT2D eigenvalue weighted by molar-refractivity contribution is 9.10. The number of halogens is 1. The molecule has 0 bridgehead atoms. The van der Waals surface area contributed by atoms with Crippen LogP contribution in [0.2, 0.25) is 0 Å². The second-order valence-corrected chi connectivity index (χ2v) is 6.98. The Hall–Kier alpha value is -2.86.